The highest BCUT2D eigenvalue weighted by Gasteiger charge is 2.51. The summed E-state index contributed by atoms with van der Waals surface area (Å²) in [6, 6.07) is 4.15. The molecule has 2 aliphatic heterocycles. The van der Waals surface area contributed by atoms with Gasteiger partial charge in [0.25, 0.3) is 0 Å². The number of fused-ring (bicyclic) bond motifs is 1. The monoisotopic (exact) mass is 554 g/mol. The van der Waals surface area contributed by atoms with Crippen molar-refractivity contribution in [3.8, 4) is 0 Å². The number of aromatic nitrogens is 3. The van der Waals surface area contributed by atoms with Crippen molar-refractivity contribution in [3.63, 3.8) is 0 Å². The van der Waals surface area contributed by atoms with Crippen LogP contribution in [0.3, 0.4) is 0 Å². The SMILES string of the molecule is O=C(O)C(F)(F)F.O=C(O)C(F)(F)F.c1cncc(CN2C[C@@H]3COC[C@]3(Cc3nnc(C4CC4)o3)C2)c1. The van der Waals surface area contributed by atoms with Gasteiger partial charge in [-0.2, -0.15) is 26.3 Å². The zero-order valence-corrected chi connectivity index (χ0v) is 19.7. The summed E-state index contributed by atoms with van der Waals surface area (Å²) in [4.78, 5) is 24.5. The van der Waals surface area contributed by atoms with Gasteiger partial charge in [-0.3, -0.25) is 9.88 Å². The lowest BCUT2D eigenvalue weighted by atomic mass is 9.78. The number of rotatable bonds is 5. The highest BCUT2D eigenvalue weighted by molar-refractivity contribution is 5.73. The van der Waals surface area contributed by atoms with E-state index in [4.69, 9.17) is 29.0 Å². The Balaban J connectivity index is 0.000000239. The number of carbonyl (C=O) groups is 2. The van der Waals surface area contributed by atoms with Gasteiger partial charge in [0, 0.05) is 55.7 Å². The van der Waals surface area contributed by atoms with Gasteiger partial charge < -0.3 is 19.4 Å². The fourth-order valence-corrected chi connectivity index (χ4v) is 4.20. The van der Waals surface area contributed by atoms with Gasteiger partial charge in [0.2, 0.25) is 11.8 Å². The fourth-order valence-electron chi connectivity index (χ4n) is 4.20. The number of ether oxygens (including phenoxy) is 1. The third-order valence-corrected chi connectivity index (χ3v) is 6.12. The van der Waals surface area contributed by atoms with Gasteiger partial charge in [0.1, 0.15) is 0 Å². The number of likely N-dealkylation sites (tertiary alicyclic amines) is 1. The Hall–Kier alpha value is -3.27. The predicted molar refractivity (Wildman–Crippen MR) is 114 cm³/mol. The second kappa shape index (κ2) is 11.6. The normalized spacial score (nSPS) is 23.1. The van der Waals surface area contributed by atoms with Gasteiger partial charge in [-0.1, -0.05) is 6.07 Å². The van der Waals surface area contributed by atoms with Gasteiger partial charge in [0.15, 0.2) is 0 Å². The molecule has 38 heavy (non-hydrogen) atoms. The van der Waals surface area contributed by atoms with E-state index >= 15 is 0 Å². The summed E-state index contributed by atoms with van der Waals surface area (Å²) in [6.07, 6.45) is -3.17. The largest absolute Gasteiger partial charge is 0.490 e. The van der Waals surface area contributed by atoms with Crippen LogP contribution in [0.5, 0.6) is 0 Å². The minimum absolute atomic E-state index is 0.121. The number of aliphatic carboxylic acids is 2. The lowest BCUT2D eigenvalue weighted by Gasteiger charge is -2.25. The van der Waals surface area contributed by atoms with Crippen LogP contribution in [0.2, 0.25) is 0 Å². The molecule has 2 saturated heterocycles. The van der Waals surface area contributed by atoms with Crippen molar-refractivity contribution < 1.29 is 55.3 Å². The molecule has 3 aliphatic rings. The number of hydrogen-bond donors (Lipinski definition) is 2. The molecule has 0 unspecified atom stereocenters. The first-order valence-electron chi connectivity index (χ1n) is 11.3. The Morgan fingerprint density at radius 3 is 2.24 bits per heavy atom. The molecule has 3 fully saturated rings. The molecule has 1 aliphatic carbocycles. The second-order valence-corrected chi connectivity index (χ2v) is 9.20. The number of carboxylic acid groups (broad SMARTS) is 2. The molecule has 0 spiro atoms. The molecule has 1 saturated carbocycles. The quantitative estimate of drug-likeness (QED) is 0.530. The Morgan fingerprint density at radius 2 is 1.71 bits per heavy atom. The molecule has 0 bridgehead atoms. The molecule has 16 heteroatoms. The molecule has 2 atom stereocenters. The van der Waals surface area contributed by atoms with Crippen molar-refractivity contribution in [3.05, 3.63) is 41.9 Å². The molecule has 4 heterocycles. The van der Waals surface area contributed by atoms with Crippen molar-refractivity contribution in [2.45, 2.75) is 44.1 Å². The average Bonchev–Trinajstić information content (AvgIpc) is 3.32. The van der Waals surface area contributed by atoms with Gasteiger partial charge in [-0.15, -0.1) is 10.2 Å². The standard InChI is InChI=1S/C18H22N4O2.2C2HF3O2/c1-2-13(7-19-5-1)8-22-9-15-10-23-12-18(15,11-22)6-16-20-21-17(24-16)14-3-4-14;2*3-2(4,5)1(6)7/h1-2,5,7,14-15H,3-4,6,8-12H2;2*(H,6,7)/t15-,18+;;/m1../s1. The molecule has 10 nitrogen and oxygen atoms in total. The van der Waals surface area contributed by atoms with E-state index < -0.39 is 24.3 Å². The smallest absolute Gasteiger partial charge is 0.475 e. The van der Waals surface area contributed by atoms with Crippen LogP contribution in [0.25, 0.3) is 0 Å². The molecule has 2 N–H and O–H groups in total. The van der Waals surface area contributed by atoms with Crippen LogP contribution in [0.4, 0.5) is 26.3 Å². The zero-order chi connectivity index (χ0) is 28.1. The van der Waals surface area contributed by atoms with Gasteiger partial charge in [-0.05, 0) is 24.5 Å². The van der Waals surface area contributed by atoms with Crippen molar-refractivity contribution in [2.75, 3.05) is 26.3 Å². The Labute approximate surface area is 211 Å². The van der Waals surface area contributed by atoms with Crippen LogP contribution < -0.4 is 0 Å². The summed E-state index contributed by atoms with van der Waals surface area (Å²) in [5.74, 6) is -2.83. The number of hydrogen-bond acceptors (Lipinski definition) is 8. The van der Waals surface area contributed by atoms with E-state index in [2.05, 4.69) is 26.1 Å². The van der Waals surface area contributed by atoms with E-state index in [-0.39, 0.29) is 5.41 Å². The Bertz CT molecular complexity index is 1070. The van der Waals surface area contributed by atoms with Gasteiger partial charge in [-0.25, -0.2) is 9.59 Å². The Morgan fingerprint density at radius 1 is 1.08 bits per heavy atom. The summed E-state index contributed by atoms with van der Waals surface area (Å²) >= 11 is 0. The molecule has 0 radical (unpaired) electrons. The number of alkyl halides is 6. The summed E-state index contributed by atoms with van der Waals surface area (Å²) in [5, 5.41) is 22.8. The second-order valence-electron chi connectivity index (χ2n) is 9.20. The first kappa shape index (κ1) is 29.3. The van der Waals surface area contributed by atoms with Crippen LogP contribution in [0.15, 0.2) is 28.9 Å². The number of nitrogens with zero attached hydrogens (tertiary/aromatic N) is 4. The van der Waals surface area contributed by atoms with Crippen molar-refractivity contribution in [2.24, 2.45) is 11.3 Å². The lowest BCUT2D eigenvalue weighted by molar-refractivity contribution is -0.193. The first-order chi connectivity index (χ1) is 17.7. The molecular weight excluding hydrogens is 530 g/mol. The topological polar surface area (TPSA) is 139 Å². The van der Waals surface area contributed by atoms with E-state index in [9.17, 15) is 26.3 Å². The summed E-state index contributed by atoms with van der Waals surface area (Å²) < 4.78 is 75.2. The summed E-state index contributed by atoms with van der Waals surface area (Å²) in [6.45, 7) is 4.67. The highest BCUT2D eigenvalue weighted by Crippen LogP contribution is 2.45. The molecule has 2 aromatic rings. The first-order valence-corrected chi connectivity index (χ1v) is 11.3. The van der Waals surface area contributed by atoms with E-state index in [1.165, 1.54) is 18.4 Å². The zero-order valence-electron chi connectivity index (χ0n) is 19.7. The maximum absolute atomic E-state index is 10.6. The van der Waals surface area contributed by atoms with Crippen molar-refractivity contribution >= 4 is 11.9 Å². The van der Waals surface area contributed by atoms with E-state index in [1.807, 2.05) is 18.5 Å². The van der Waals surface area contributed by atoms with Crippen LogP contribution in [-0.2, 0) is 27.3 Å². The average molecular weight is 554 g/mol. The van der Waals surface area contributed by atoms with Crippen LogP contribution in [0, 0.1) is 11.3 Å². The highest BCUT2D eigenvalue weighted by atomic mass is 19.4. The predicted octanol–water partition coefficient (Wildman–Crippen LogP) is 3.30. The van der Waals surface area contributed by atoms with E-state index in [0.717, 1.165) is 51.1 Å². The molecular formula is C22H24F6N4O6. The molecule has 5 rings (SSSR count). The minimum Gasteiger partial charge on any atom is -0.475 e. The van der Waals surface area contributed by atoms with Crippen molar-refractivity contribution in [1.29, 1.82) is 0 Å². The molecule has 210 valence electrons. The lowest BCUT2D eigenvalue weighted by Crippen LogP contribution is -2.33. The van der Waals surface area contributed by atoms with Gasteiger partial charge >= 0.3 is 24.3 Å². The maximum atomic E-state index is 10.6. The van der Waals surface area contributed by atoms with Crippen LogP contribution >= 0.6 is 0 Å². The summed E-state index contributed by atoms with van der Waals surface area (Å²) in [7, 11) is 0. The van der Waals surface area contributed by atoms with E-state index in [0.29, 0.717) is 11.8 Å². The van der Waals surface area contributed by atoms with Crippen molar-refractivity contribution in [1.82, 2.24) is 20.1 Å². The Kier molecular flexibility index (Phi) is 8.97. The number of halogens is 6. The fraction of sp³-hybridized carbons (Fsp3) is 0.591. The third-order valence-electron chi connectivity index (χ3n) is 6.12. The molecule has 0 aromatic carbocycles. The van der Waals surface area contributed by atoms with Crippen LogP contribution in [0.1, 0.15) is 36.1 Å². The van der Waals surface area contributed by atoms with Crippen LogP contribution in [-0.4, -0.2) is 80.9 Å². The molecule has 2 aromatic heterocycles. The summed E-state index contributed by atoms with van der Waals surface area (Å²) in [5.41, 5.74) is 1.39. The van der Waals surface area contributed by atoms with Gasteiger partial charge in [0.05, 0.1) is 13.2 Å². The maximum Gasteiger partial charge on any atom is 0.490 e. The number of carboxylic acids is 2. The minimum atomic E-state index is -5.08. The number of pyridine rings is 1. The third kappa shape index (κ3) is 8.11. The molecule has 0 amide bonds. The van der Waals surface area contributed by atoms with E-state index in [1.54, 1.807) is 0 Å².